The predicted molar refractivity (Wildman–Crippen MR) is 87.2 cm³/mol. The van der Waals surface area contributed by atoms with Crippen LogP contribution in [0, 0.1) is 11.8 Å². The molecule has 2 unspecified atom stereocenters. The van der Waals surface area contributed by atoms with E-state index < -0.39 is 0 Å². The summed E-state index contributed by atoms with van der Waals surface area (Å²) in [5.74, 6) is 3.52. The summed E-state index contributed by atoms with van der Waals surface area (Å²) >= 11 is 0. The lowest BCUT2D eigenvalue weighted by Crippen LogP contribution is -2.35. The van der Waals surface area contributed by atoms with Gasteiger partial charge in [0.05, 0.1) is 0 Å². The summed E-state index contributed by atoms with van der Waals surface area (Å²) in [6.45, 7) is 7.84. The van der Waals surface area contributed by atoms with Gasteiger partial charge in [0.25, 0.3) is 0 Å². The molecule has 2 N–H and O–H groups in total. The van der Waals surface area contributed by atoms with E-state index in [4.69, 9.17) is 0 Å². The van der Waals surface area contributed by atoms with Gasteiger partial charge in [-0.2, -0.15) is 0 Å². The maximum absolute atomic E-state index is 4.68. The first-order chi connectivity index (χ1) is 9.70. The lowest BCUT2D eigenvalue weighted by Gasteiger charge is -2.35. The van der Waals surface area contributed by atoms with Gasteiger partial charge in [-0.3, -0.25) is 0 Å². The molecule has 3 nitrogen and oxygen atoms in total. The van der Waals surface area contributed by atoms with Crippen LogP contribution in [-0.4, -0.2) is 17.6 Å². The van der Waals surface area contributed by atoms with Gasteiger partial charge < -0.3 is 10.6 Å². The molecule has 0 bridgehead atoms. The Morgan fingerprint density at radius 2 is 1.95 bits per heavy atom. The molecule has 1 saturated carbocycles. The van der Waals surface area contributed by atoms with E-state index in [2.05, 4.69) is 48.5 Å². The molecule has 0 saturated heterocycles. The highest BCUT2D eigenvalue weighted by atomic mass is 15.1. The predicted octanol–water partition coefficient (Wildman–Crippen LogP) is 4.53. The van der Waals surface area contributed by atoms with Crippen LogP contribution in [0.4, 0.5) is 11.6 Å². The summed E-state index contributed by atoms with van der Waals surface area (Å²) in [5, 5.41) is 7.03. The zero-order valence-electron chi connectivity index (χ0n) is 13.2. The molecule has 0 spiro atoms. The smallest absolute Gasteiger partial charge is 0.128 e. The van der Waals surface area contributed by atoms with Gasteiger partial charge in [0.15, 0.2) is 0 Å². The summed E-state index contributed by atoms with van der Waals surface area (Å²) in [7, 11) is 0. The molecule has 1 heterocycles. The van der Waals surface area contributed by atoms with Crippen molar-refractivity contribution in [2.45, 2.75) is 58.9 Å². The van der Waals surface area contributed by atoms with E-state index in [1.807, 2.05) is 6.07 Å². The Labute approximate surface area is 123 Å². The van der Waals surface area contributed by atoms with Gasteiger partial charge in [-0.05, 0) is 43.2 Å². The molecule has 1 aliphatic carbocycles. The normalized spacial score (nSPS) is 22.8. The number of anilines is 2. The summed E-state index contributed by atoms with van der Waals surface area (Å²) in [4.78, 5) is 4.68. The fourth-order valence-corrected chi connectivity index (χ4v) is 3.19. The summed E-state index contributed by atoms with van der Waals surface area (Å²) in [6.07, 6.45) is 6.47. The van der Waals surface area contributed by atoms with Crippen LogP contribution in [0.5, 0.6) is 0 Å². The minimum absolute atomic E-state index is 0.581. The van der Waals surface area contributed by atoms with Crippen molar-refractivity contribution in [2.75, 3.05) is 17.2 Å². The Morgan fingerprint density at radius 1 is 1.20 bits per heavy atom. The Kier molecular flexibility index (Phi) is 5.69. The van der Waals surface area contributed by atoms with Crippen LogP contribution in [-0.2, 0) is 0 Å². The van der Waals surface area contributed by atoms with Crippen LogP contribution >= 0.6 is 0 Å². The second-order valence-electron chi connectivity index (χ2n) is 6.28. The summed E-state index contributed by atoms with van der Waals surface area (Å²) in [6, 6.07) is 6.79. The quantitative estimate of drug-likeness (QED) is 0.801. The van der Waals surface area contributed by atoms with Crippen LogP contribution in [0.3, 0.4) is 0 Å². The molecule has 0 radical (unpaired) electrons. The van der Waals surface area contributed by atoms with Crippen LogP contribution in [0.2, 0.25) is 0 Å². The molecule has 112 valence electrons. The van der Waals surface area contributed by atoms with E-state index in [-0.39, 0.29) is 0 Å². The van der Waals surface area contributed by atoms with Crippen molar-refractivity contribution >= 4 is 11.6 Å². The van der Waals surface area contributed by atoms with Gasteiger partial charge in [-0.25, -0.2) is 4.98 Å². The third-order valence-electron chi connectivity index (χ3n) is 4.31. The Bertz CT molecular complexity index is 403. The number of rotatable bonds is 6. The van der Waals surface area contributed by atoms with Crippen molar-refractivity contribution < 1.29 is 0 Å². The zero-order valence-corrected chi connectivity index (χ0v) is 13.2. The molecule has 0 aromatic carbocycles. The lowest BCUT2D eigenvalue weighted by atomic mass is 9.78. The SMILES string of the molecule is CCCNc1cccc(NC2CCCCC2C(C)C)n1. The number of nitrogens with one attached hydrogen (secondary N) is 2. The second kappa shape index (κ2) is 7.51. The van der Waals surface area contributed by atoms with Crippen LogP contribution in [0.25, 0.3) is 0 Å². The Morgan fingerprint density at radius 3 is 2.70 bits per heavy atom. The van der Waals surface area contributed by atoms with Crippen molar-refractivity contribution in [2.24, 2.45) is 11.8 Å². The summed E-state index contributed by atoms with van der Waals surface area (Å²) < 4.78 is 0. The van der Waals surface area contributed by atoms with Crippen LogP contribution < -0.4 is 10.6 Å². The van der Waals surface area contributed by atoms with Crippen molar-refractivity contribution in [3.63, 3.8) is 0 Å². The van der Waals surface area contributed by atoms with Gasteiger partial charge in [0.2, 0.25) is 0 Å². The van der Waals surface area contributed by atoms with Crippen LogP contribution in [0.1, 0.15) is 52.9 Å². The molecular weight excluding hydrogens is 246 g/mol. The van der Waals surface area contributed by atoms with Gasteiger partial charge in [-0.15, -0.1) is 0 Å². The Balaban J connectivity index is 2.00. The molecule has 1 aromatic heterocycles. The largest absolute Gasteiger partial charge is 0.370 e. The molecule has 1 aromatic rings. The molecule has 20 heavy (non-hydrogen) atoms. The van der Waals surface area contributed by atoms with Crippen molar-refractivity contribution in [3.05, 3.63) is 18.2 Å². The van der Waals surface area contributed by atoms with Gasteiger partial charge in [0.1, 0.15) is 11.6 Å². The molecular formula is C17H29N3. The molecule has 0 aliphatic heterocycles. The topological polar surface area (TPSA) is 37.0 Å². The molecule has 1 aliphatic rings. The van der Waals surface area contributed by atoms with E-state index in [0.29, 0.717) is 6.04 Å². The first-order valence-corrected chi connectivity index (χ1v) is 8.18. The van der Waals surface area contributed by atoms with Gasteiger partial charge >= 0.3 is 0 Å². The minimum atomic E-state index is 0.581. The van der Waals surface area contributed by atoms with E-state index >= 15 is 0 Å². The zero-order chi connectivity index (χ0) is 14.4. The maximum Gasteiger partial charge on any atom is 0.128 e. The monoisotopic (exact) mass is 275 g/mol. The first-order valence-electron chi connectivity index (χ1n) is 8.18. The minimum Gasteiger partial charge on any atom is -0.370 e. The molecule has 2 rings (SSSR count). The fourth-order valence-electron chi connectivity index (χ4n) is 3.19. The molecule has 1 fully saturated rings. The van der Waals surface area contributed by atoms with Crippen LogP contribution in [0.15, 0.2) is 18.2 Å². The highest BCUT2D eigenvalue weighted by molar-refractivity contribution is 5.45. The highest BCUT2D eigenvalue weighted by Gasteiger charge is 2.27. The average molecular weight is 275 g/mol. The number of hydrogen-bond acceptors (Lipinski definition) is 3. The average Bonchev–Trinajstić information content (AvgIpc) is 2.46. The third-order valence-corrected chi connectivity index (χ3v) is 4.31. The Hall–Kier alpha value is -1.25. The van der Waals surface area contributed by atoms with E-state index in [9.17, 15) is 0 Å². The fraction of sp³-hybridized carbons (Fsp3) is 0.706. The maximum atomic E-state index is 4.68. The lowest BCUT2D eigenvalue weighted by molar-refractivity contribution is 0.253. The van der Waals surface area contributed by atoms with Crippen molar-refractivity contribution in [1.29, 1.82) is 0 Å². The van der Waals surface area contributed by atoms with Gasteiger partial charge in [0, 0.05) is 12.6 Å². The molecule has 2 atom stereocenters. The van der Waals surface area contributed by atoms with Crippen molar-refractivity contribution in [3.8, 4) is 0 Å². The summed E-state index contributed by atoms with van der Waals surface area (Å²) in [5.41, 5.74) is 0. The van der Waals surface area contributed by atoms with E-state index in [0.717, 1.165) is 36.4 Å². The van der Waals surface area contributed by atoms with E-state index in [1.54, 1.807) is 0 Å². The van der Waals surface area contributed by atoms with Gasteiger partial charge in [-0.1, -0.05) is 39.7 Å². The number of hydrogen-bond donors (Lipinski definition) is 2. The highest BCUT2D eigenvalue weighted by Crippen LogP contribution is 2.32. The molecule has 0 amide bonds. The number of pyridine rings is 1. The van der Waals surface area contributed by atoms with E-state index in [1.165, 1.54) is 25.7 Å². The second-order valence-corrected chi connectivity index (χ2v) is 6.28. The first kappa shape index (κ1) is 15.1. The third kappa shape index (κ3) is 4.12. The van der Waals surface area contributed by atoms with Crippen molar-refractivity contribution in [1.82, 2.24) is 4.98 Å². The number of nitrogens with zero attached hydrogens (tertiary/aromatic N) is 1. The standard InChI is InChI=1S/C17H29N3/c1-4-12-18-16-10-7-11-17(20-16)19-15-9-6-5-8-14(15)13(2)3/h7,10-11,13-15H,4-6,8-9,12H2,1-3H3,(H2,18,19,20). The number of aromatic nitrogens is 1. The molecule has 3 heteroatoms.